The number of para-hydroxylation sites is 1. The van der Waals surface area contributed by atoms with E-state index in [-0.39, 0.29) is 12.4 Å². The molecular formula is C18H17FN4O2. The Kier molecular flexibility index (Phi) is 5.36. The standard InChI is InChI=1S/C18H17FN4O2/c19-15-3-1-2-4-16(15)25-13-18(24)21-17-8-12-23(22-17)11-7-14-5-9-20-10-6-14/h1-6,8-10,12H,7,11,13H2,(H,21,22,24). The van der Waals surface area contributed by atoms with Crippen molar-refractivity contribution >= 4 is 11.7 Å². The summed E-state index contributed by atoms with van der Waals surface area (Å²) in [6, 6.07) is 11.5. The molecule has 0 spiro atoms. The maximum Gasteiger partial charge on any atom is 0.263 e. The third kappa shape index (κ3) is 4.87. The van der Waals surface area contributed by atoms with E-state index in [0.29, 0.717) is 12.4 Å². The second kappa shape index (κ2) is 8.05. The van der Waals surface area contributed by atoms with E-state index in [0.717, 1.165) is 12.0 Å². The number of nitrogens with zero attached hydrogens (tertiary/aromatic N) is 3. The van der Waals surface area contributed by atoms with Crippen molar-refractivity contribution in [2.24, 2.45) is 0 Å². The lowest BCUT2D eigenvalue weighted by molar-refractivity contribution is -0.118. The molecule has 0 aliphatic rings. The fourth-order valence-corrected chi connectivity index (χ4v) is 2.23. The summed E-state index contributed by atoms with van der Waals surface area (Å²) in [5.74, 6) is -0.435. The fraction of sp³-hybridized carbons (Fsp3) is 0.167. The smallest absolute Gasteiger partial charge is 0.263 e. The van der Waals surface area contributed by atoms with Crippen LogP contribution in [0.2, 0.25) is 0 Å². The van der Waals surface area contributed by atoms with Crippen LogP contribution in [0.3, 0.4) is 0 Å². The minimum absolute atomic E-state index is 0.0422. The van der Waals surface area contributed by atoms with Crippen LogP contribution in [0.25, 0.3) is 0 Å². The van der Waals surface area contributed by atoms with Gasteiger partial charge in [-0.05, 0) is 36.2 Å². The first-order chi connectivity index (χ1) is 12.2. The van der Waals surface area contributed by atoms with E-state index in [2.05, 4.69) is 15.4 Å². The zero-order valence-electron chi connectivity index (χ0n) is 13.4. The van der Waals surface area contributed by atoms with Crippen LogP contribution in [-0.2, 0) is 17.8 Å². The molecule has 1 aromatic carbocycles. The Hall–Kier alpha value is -3.22. The van der Waals surface area contributed by atoms with Gasteiger partial charge in [-0.1, -0.05) is 12.1 Å². The molecule has 0 aliphatic heterocycles. The molecule has 7 heteroatoms. The van der Waals surface area contributed by atoms with E-state index in [1.807, 2.05) is 12.1 Å². The summed E-state index contributed by atoms with van der Waals surface area (Å²) in [5, 5.41) is 6.90. The van der Waals surface area contributed by atoms with Crippen LogP contribution in [0.1, 0.15) is 5.56 Å². The highest BCUT2D eigenvalue weighted by molar-refractivity contribution is 5.90. The number of benzene rings is 1. The topological polar surface area (TPSA) is 69.0 Å². The van der Waals surface area contributed by atoms with Gasteiger partial charge < -0.3 is 10.1 Å². The molecule has 0 atom stereocenters. The van der Waals surface area contributed by atoms with Crippen LogP contribution < -0.4 is 10.1 Å². The number of nitrogens with one attached hydrogen (secondary N) is 1. The Morgan fingerprint density at radius 2 is 1.96 bits per heavy atom. The number of anilines is 1. The van der Waals surface area contributed by atoms with Gasteiger partial charge in [0.2, 0.25) is 0 Å². The van der Waals surface area contributed by atoms with Crippen molar-refractivity contribution in [2.45, 2.75) is 13.0 Å². The SMILES string of the molecule is O=C(COc1ccccc1F)Nc1ccn(CCc2ccncc2)n1. The van der Waals surface area contributed by atoms with E-state index in [1.54, 1.807) is 41.5 Å². The molecule has 0 radical (unpaired) electrons. The van der Waals surface area contributed by atoms with Gasteiger partial charge in [0.05, 0.1) is 0 Å². The molecule has 0 unspecified atom stereocenters. The van der Waals surface area contributed by atoms with E-state index in [9.17, 15) is 9.18 Å². The van der Waals surface area contributed by atoms with Gasteiger partial charge in [-0.25, -0.2) is 4.39 Å². The third-order valence-electron chi connectivity index (χ3n) is 3.48. The molecule has 1 amide bonds. The molecule has 25 heavy (non-hydrogen) atoms. The molecule has 0 bridgehead atoms. The number of aryl methyl sites for hydroxylation is 2. The number of aromatic nitrogens is 3. The molecule has 128 valence electrons. The lowest BCUT2D eigenvalue weighted by Gasteiger charge is -2.06. The maximum absolute atomic E-state index is 13.4. The molecule has 0 fully saturated rings. The second-order valence-corrected chi connectivity index (χ2v) is 5.34. The zero-order valence-corrected chi connectivity index (χ0v) is 13.4. The van der Waals surface area contributed by atoms with Crippen LogP contribution in [-0.4, -0.2) is 27.3 Å². The number of carbonyl (C=O) groups excluding carboxylic acids is 1. The van der Waals surface area contributed by atoms with Gasteiger partial charge in [0, 0.05) is 31.2 Å². The average molecular weight is 340 g/mol. The van der Waals surface area contributed by atoms with Crippen molar-refractivity contribution in [1.82, 2.24) is 14.8 Å². The molecule has 2 heterocycles. The monoisotopic (exact) mass is 340 g/mol. The summed E-state index contributed by atoms with van der Waals surface area (Å²) in [6.07, 6.45) is 6.10. The molecule has 3 rings (SSSR count). The van der Waals surface area contributed by atoms with Crippen LogP contribution in [0.4, 0.5) is 10.2 Å². The highest BCUT2D eigenvalue weighted by atomic mass is 19.1. The predicted octanol–water partition coefficient (Wildman–Crippen LogP) is 2.68. The van der Waals surface area contributed by atoms with E-state index < -0.39 is 11.7 Å². The molecule has 0 saturated carbocycles. The largest absolute Gasteiger partial charge is 0.481 e. The highest BCUT2D eigenvalue weighted by Gasteiger charge is 2.08. The van der Waals surface area contributed by atoms with Crippen molar-refractivity contribution in [3.8, 4) is 5.75 Å². The fourth-order valence-electron chi connectivity index (χ4n) is 2.23. The van der Waals surface area contributed by atoms with Crippen LogP contribution in [0, 0.1) is 5.82 Å². The van der Waals surface area contributed by atoms with Gasteiger partial charge in [0.15, 0.2) is 24.0 Å². The van der Waals surface area contributed by atoms with E-state index >= 15 is 0 Å². The summed E-state index contributed by atoms with van der Waals surface area (Å²) >= 11 is 0. The Morgan fingerprint density at radius 1 is 1.16 bits per heavy atom. The van der Waals surface area contributed by atoms with Gasteiger partial charge in [0.1, 0.15) is 0 Å². The number of amides is 1. The van der Waals surface area contributed by atoms with E-state index in [1.165, 1.54) is 12.1 Å². The molecule has 0 aliphatic carbocycles. The van der Waals surface area contributed by atoms with Crippen molar-refractivity contribution in [3.05, 3.63) is 72.4 Å². The van der Waals surface area contributed by atoms with Crippen molar-refractivity contribution in [2.75, 3.05) is 11.9 Å². The predicted molar refractivity (Wildman–Crippen MR) is 90.7 cm³/mol. The number of ether oxygens (including phenoxy) is 1. The first-order valence-electron chi connectivity index (χ1n) is 7.80. The number of rotatable bonds is 7. The number of hydrogen-bond donors (Lipinski definition) is 1. The first kappa shape index (κ1) is 16.6. The average Bonchev–Trinajstić information content (AvgIpc) is 3.07. The quantitative estimate of drug-likeness (QED) is 0.718. The van der Waals surface area contributed by atoms with Crippen LogP contribution in [0.5, 0.6) is 5.75 Å². The molecule has 1 N–H and O–H groups in total. The lowest BCUT2D eigenvalue weighted by Crippen LogP contribution is -2.21. The summed E-state index contributed by atoms with van der Waals surface area (Å²) in [5.41, 5.74) is 1.16. The van der Waals surface area contributed by atoms with Crippen LogP contribution >= 0.6 is 0 Å². The lowest BCUT2D eigenvalue weighted by atomic mass is 10.2. The van der Waals surface area contributed by atoms with Gasteiger partial charge in [-0.15, -0.1) is 0 Å². The summed E-state index contributed by atoms with van der Waals surface area (Å²) < 4.78 is 20.3. The zero-order chi connectivity index (χ0) is 17.5. The number of pyridine rings is 1. The van der Waals surface area contributed by atoms with Crippen molar-refractivity contribution in [1.29, 1.82) is 0 Å². The van der Waals surface area contributed by atoms with Crippen molar-refractivity contribution in [3.63, 3.8) is 0 Å². The second-order valence-electron chi connectivity index (χ2n) is 5.34. The molecule has 0 saturated heterocycles. The molecular weight excluding hydrogens is 323 g/mol. The van der Waals surface area contributed by atoms with Crippen molar-refractivity contribution < 1.29 is 13.9 Å². The minimum Gasteiger partial charge on any atom is -0.481 e. The van der Waals surface area contributed by atoms with Crippen LogP contribution in [0.15, 0.2) is 61.1 Å². The highest BCUT2D eigenvalue weighted by Crippen LogP contribution is 2.15. The van der Waals surface area contributed by atoms with Gasteiger partial charge in [-0.2, -0.15) is 5.10 Å². The molecule has 3 aromatic rings. The number of carbonyl (C=O) groups is 1. The first-order valence-corrected chi connectivity index (χ1v) is 7.80. The Bertz CT molecular complexity index is 836. The van der Waals surface area contributed by atoms with E-state index in [4.69, 9.17) is 4.74 Å². The van der Waals surface area contributed by atoms with Gasteiger partial charge in [0.25, 0.3) is 5.91 Å². The normalized spacial score (nSPS) is 10.4. The van der Waals surface area contributed by atoms with Gasteiger partial charge >= 0.3 is 0 Å². The Labute approximate surface area is 144 Å². The Morgan fingerprint density at radius 3 is 2.76 bits per heavy atom. The molecule has 2 aromatic heterocycles. The summed E-state index contributed by atoms with van der Waals surface area (Å²) in [7, 11) is 0. The van der Waals surface area contributed by atoms with Gasteiger partial charge in [-0.3, -0.25) is 14.5 Å². The summed E-state index contributed by atoms with van der Waals surface area (Å²) in [4.78, 5) is 15.8. The minimum atomic E-state index is -0.504. The third-order valence-corrected chi connectivity index (χ3v) is 3.48. The Balaban J connectivity index is 1.47. The number of hydrogen-bond acceptors (Lipinski definition) is 4. The maximum atomic E-state index is 13.4. The number of halogens is 1. The molecule has 6 nitrogen and oxygen atoms in total. The summed E-state index contributed by atoms with van der Waals surface area (Å²) in [6.45, 7) is 0.399.